The number of hydrogen-bond acceptors (Lipinski definition) is 4. The minimum absolute atomic E-state index is 0.155. The molecule has 0 unspecified atom stereocenters. The Morgan fingerprint density at radius 3 is 2.89 bits per heavy atom. The van der Waals surface area contributed by atoms with Gasteiger partial charge in [-0.25, -0.2) is 0 Å². The molecule has 0 amide bonds. The highest BCUT2D eigenvalue weighted by atomic mass is 35.5. The lowest BCUT2D eigenvalue weighted by molar-refractivity contribution is 0.0593. The first kappa shape index (κ1) is 18.3. The van der Waals surface area contributed by atoms with Crippen LogP contribution in [0.25, 0.3) is 0 Å². The number of nitrogens with two attached hydrogens (primary N) is 1. The van der Waals surface area contributed by atoms with E-state index in [1.807, 2.05) is 24.3 Å². The van der Waals surface area contributed by atoms with Gasteiger partial charge in [0, 0.05) is 17.6 Å². The van der Waals surface area contributed by atoms with Crippen LogP contribution in [0.5, 0.6) is 5.75 Å². The number of hydrogen-bond donors (Lipinski definition) is 1. The molecule has 2 aromatic carbocycles. The summed E-state index contributed by atoms with van der Waals surface area (Å²) in [6.45, 7) is 3.93. The Morgan fingerprint density at radius 2 is 2.15 bits per heavy atom. The van der Waals surface area contributed by atoms with E-state index < -0.39 is 0 Å². The fraction of sp³-hybridized carbons (Fsp3) is 0.409. The van der Waals surface area contributed by atoms with Gasteiger partial charge >= 0.3 is 0 Å². The SMILES string of the molecule is Cc1cccc(O[C@H]2c3cc(Cl)cc(C#N)c3C[C@@H]2N2CCC[C@@H](N)C2)c1. The maximum Gasteiger partial charge on any atom is 0.140 e. The topological polar surface area (TPSA) is 62.3 Å². The third kappa shape index (κ3) is 3.68. The predicted octanol–water partition coefficient (Wildman–Crippen LogP) is 3.99. The van der Waals surface area contributed by atoms with Gasteiger partial charge in [-0.3, -0.25) is 4.90 Å². The number of piperidine rings is 1. The van der Waals surface area contributed by atoms with Crippen molar-refractivity contribution in [1.82, 2.24) is 4.90 Å². The zero-order valence-corrected chi connectivity index (χ0v) is 16.2. The zero-order valence-electron chi connectivity index (χ0n) is 15.5. The molecule has 5 heteroatoms. The molecule has 1 aliphatic carbocycles. The lowest BCUT2D eigenvalue weighted by atomic mass is 10.0. The lowest BCUT2D eigenvalue weighted by Crippen LogP contribution is -2.49. The van der Waals surface area contributed by atoms with Gasteiger partial charge < -0.3 is 10.5 Å². The van der Waals surface area contributed by atoms with E-state index in [1.165, 1.54) is 0 Å². The van der Waals surface area contributed by atoms with Crippen LogP contribution in [0, 0.1) is 18.3 Å². The van der Waals surface area contributed by atoms with Crippen molar-refractivity contribution in [1.29, 1.82) is 5.26 Å². The first-order valence-corrected chi connectivity index (χ1v) is 9.88. The number of aryl methyl sites for hydroxylation is 1. The Kier molecular flexibility index (Phi) is 5.10. The predicted molar refractivity (Wildman–Crippen MR) is 107 cm³/mol. The van der Waals surface area contributed by atoms with E-state index in [-0.39, 0.29) is 18.2 Å². The van der Waals surface area contributed by atoms with E-state index in [4.69, 9.17) is 22.1 Å². The second-order valence-corrected chi connectivity index (χ2v) is 8.09. The van der Waals surface area contributed by atoms with Gasteiger partial charge in [0.2, 0.25) is 0 Å². The number of fused-ring (bicyclic) bond motifs is 1. The Bertz CT molecular complexity index is 892. The van der Waals surface area contributed by atoms with Crippen LogP contribution < -0.4 is 10.5 Å². The van der Waals surface area contributed by atoms with Crippen molar-refractivity contribution < 1.29 is 4.74 Å². The summed E-state index contributed by atoms with van der Waals surface area (Å²) in [6, 6.07) is 14.5. The van der Waals surface area contributed by atoms with Crippen molar-refractivity contribution in [2.75, 3.05) is 13.1 Å². The largest absolute Gasteiger partial charge is 0.484 e. The fourth-order valence-electron chi connectivity index (χ4n) is 4.40. The van der Waals surface area contributed by atoms with Crippen molar-refractivity contribution in [3.05, 3.63) is 63.7 Å². The molecule has 4 nitrogen and oxygen atoms in total. The molecule has 0 radical (unpaired) electrons. The van der Waals surface area contributed by atoms with Gasteiger partial charge in [0.05, 0.1) is 17.7 Å². The maximum atomic E-state index is 9.59. The average molecular weight is 382 g/mol. The van der Waals surface area contributed by atoms with Crippen LogP contribution in [0.1, 0.15) is 41.2 Å². The third-order valence-corrected chi connectivity index (χ3v) is 5.87. The number of rotatable bonds is 3. The van der Waals surface area contributed by atoms with Crippen LogP contribution in [0.2, 0.25) is 5.02 Å². The molecule has 2 aliphatic rings. The molecule has 1 heterocycles. The van der Waals surface area contributed by atoms with Gasteiger partial charge in [-0.2, -0.15) is 5.26 Å². The lowest BCUT2D eigenvalue weighted by Gasteiger charge is -2.38. The van der Waals surface area contributed by atoms with E-state index in [1.54, 1.807) is 6.07 Å². The summed E-state index contributed by atoms with van der Waals surface area (Å²) in [7, 11) is 0. The van der Waals surface area contributed by atoms with E-state index in [0.29, 0.717) is 10.6 Å². The summed E-state index contributed by atoms with van der Waals surface area (Å²) < 4.78 is 6.49. The van der Waals surface area contributed by atoms with Gasteiger partial charge in [-0.1, -0.05) is 23.7 Å². The Labute approximate surface area is 165 Å². The van der Waals surface area contributed by atoms with Crippen LogP contribution in [-0.4, -0.2) is 30.1 Å². The summed E-state index contributed by atoms with van der Waals surface area (Å²) in [6.07, 6.45) is 2.79. The Hall–Kier alpha value is -2.06. The highest BCUT2D eigenvalue weighted by Crippen LogP contribution is 2.41. The van der Waals surface area contributed by atoms with Crippen LogP contribution >= 0.6 is 11.6 Å². The standard InChI is InChI=1S/C22H24ClN3O/c1-14-4-2-6-18(8-14)27-22-20-10-16(23)9-15(12-24)19(20)11-21(22)26-7-3-5-17(25)13-26/h2,4,6,8-10,17,21-22H,3,5,7,11,13,25H2,1H3/t17-,21+,22+/m1/s1. The molecule has 1 aliphatic heterocycles. The van der Waals surface area contributed by atoms with Crippen molar-refractivity contribution in [3.8, 4) is 11.8 Å². The van der Waals surface area contributed by atoms with Crippen LogP contribution in [0.15, 0.2) is 36.4 Å². The number of nitriles is 1. The molecule has 3 atom stereocenters. The Balaban J connectivity index is 1.73. The monoisotopic (exact) mass is 381 g/mol. The van der Waals surface area contributed by atoms with Gasteiger partial charge in [0.25, 0.3) is 0 Å². The molecule has 4 rings (SSSR count). The molecular formula is C22H24ClN3O. The van der Waals surface area contributed by atoms with Gasteiger partial charge in [0.15, 0.2) is 0 Å². The normalized spacial score (nSPS) is 25.0. The summed E-state index contributed by atoms with van der Waals surface area (Å²) >= 11 is 6.32. The number of likely N-dealkylation sites (tertiary alicyclic amines) is 1. The molecule has 27 heavy (non-hydrogen) atoms. The molecule has 0 saturated carbocycles. The van der Waals surface area contributed by atoms with Crippen molar-refractivity contribution in [2.24, 2.45) is 5.73 Å². The average Bonchev–Trinajstić information content (AvgIpc) is 2.99. The Morgan fingerprint density at radius 1 is 1.30 bits per heavy atom. The molecule has 0 bridgehead atoms. The summed E-state index contributed by atoms with van der Waals surface area (Å²) in [4.78, 5) is 2.43. The molecule has 1 saturated heterocycles. The zero-order chi connectivity index (χ0) is 19.0. The number of nitrogens with zero attached hydrogens (tertiary/aromatic N) is 2. The second kappa shape index (κ2) is 7.52. The van der Waals surface area contributed by atoms with Crippen molar-refractivity contribution in [2.45, 2.75) is 44.4 Å². The van der Waals surface area contributed by atoms with Crippen LogP contribution in [0.4, 0.5) is 0 Å². The molecule has 2 aromatic rings. The number of benzene rings is 2. The van der Waals surface area contributed by atoms with E-state index >= 15 is 0 Å². The van der Waals surface area contributed by atoms with E-state index in [0.717, 1.165) is 54.8 Å². The molecule has 0 aromatic heterocycles. The van der Waals surface area contributed by atoms with E-state index in [9.17, 15) is 5.26 Å². The first-order valence-electron chi connectivity index (χ1n) is 9.50. The van der Waals surface area contributed by atoms with Crippen molar-refractivity contribution >= 4 is 11.6 Å². The minimum Gasteiger partial charge on any atom is -0.484 e. The summed E-state index contributed by atoms with van der Waals surface area (Å²) in [5.41, 5.74) is 10.1. The van der Waals surface area contributed by atoms with Gasteiger partial charge in [-0.05, 0) is 73.7 Å². The fourth-order valence-corrected chi connectivity index (χ4v) is 4.63. The van der Waals surface area contributed by atoms with Crippen molar-refractivity contribution in [3.63, 3.8) is 0 Å². The smallest absolute Gasteiger partial charge is 0.140 e. The quantitative estimate of drug-likeness (QED) is 0.873. The maximum absolute atomic E-state index is 9.59. The highest BCUT2D eigenvalue weighted by Gasteiger charge is 2.40. The van der Waals surface area contributed by atoms with Gasteiger partial charge in [0.1, 0.15) is 11.9 Å². The first-order chi connectivity index (χ1) is 13.0. The molecule has 1 fully saturated rings. The highest BCUT2D eigenvalue weighted by molar-refractivity contribution is 6.30. The van der Waals surface area contributed by atoms with Crippen LogP contribution in [-0.2, 0) is 6.42 Å². The summed E-state index contributed by atoms with van der Waals surface area (Å²) in [5, 5.41) is 10.2. The second-order valence-electron chi connectivity index (χ2n) is 7.66. The van der Waals surface area contributed by atoms with E-state index in [2.05, 4.69) is 24.0 Å². The molecular weight excluding hydrogens is 358 g/mol. The number of ether oxygens (including phenoxy) is 1. The number of halogens is 1. The molecule has 2 N–H and O–H groups in total. The summed E-state index contributed by atoms with van der Waals surface area (Å²) in [5.74, 6) is 0.845. The third-order valence-electron chi connectivity index (χ3n) is 5.65. The molecule has 140 valence electrons. The molecule has 0 spiro atoms. The van der Waals surface area contributed by atoms with Gasteiger partial charge in [-0.15, -0.1) is 0 Å². The van der Waals surface area contributed by atoms with Crippen LogP contribution in [0.3, 0.4) is 0 Å². The minimum atomic E-state index is -0.155.